The lowest BCUT2D eigenvalue weighted by molar-refractivity contribution is -0.138. The molecule has 2 aromatic heterocycles. The van der Waals surface area contributed by atoms with Crippen LogP contribution in [-0.4, -0.2) is 35.8 Å². The van der Waals surface area contributed by atoms with Crippen molar-refractivity contribution in [1.29, 1.82) is 0 Å². The molecule has 0 saturated heterocycles. The Hall–Kier alpha value is -2.42. The van der Waals surface area contributed by atoms with Crippen molar-refractivity contribution in [3.63, 3.8) is 0 Å². The largest absolute Gasteiger partial charge is 0.480 e. The summed E-state index contributed by atoms with van der Waals surface area (Å²) < 4.78 is 3.76. The number of nitrogens with zero attached hydrogens (tertiary/aromatic N) is 4. The van der Waals surface area contributed by atoms with Crippen LogP contribution in [0, 0.1) is 0 Å². The van der Waals surface area contributed by atoms with Gasteiger partial charge in [0.2, 0.25) is 0 Å². The van der Waals surface area contributed by atoms with E-state index in [1.54, 1.807) is 7.05 Å². The smallest absolute Gasteiger partial charge is 0.332 e. The van der Waals surface area contributed by atoms with Gasteiger partial charge in [-0.2, -0.15) is 0 Å². The van der Waals surface area contributed by atoms with Gasteiger partial charge in [0.15, 0.2) is 5.52 Å². The van der Waals surface area contributed by atoms with E-state index in [1.165, 1.54) is 23.2 Å². The minimum absolute atomic E-state index is 0.0299. The van der Waals surface area contributed by atoms with Crippen LogP contribution in [0.3, 0.4) is 0 Å². The van der Waals surface area contributed by atoms with Gasteiger partial charge in [-0.05, 0) is 0 Å². The van der Waals surface area contributed by atoms with E-state index >= 15 is 0 Å². The molecule has 0 aromatic carbocycles. The van der Waals surface area contributed by atoms with Gasteiger partial charge in [-0.1, -0.05) is 0 Å². The molecule has 0 aliphatic heterocycles. The highest BCUT2D eigenvalue weighted by atomic mass is 16.4. The number of nitrogens with two attached hydrogens (primary N) is 1. The van der Waals surface area contributed by atoms with Crippen molar-refractivity contribution >= 4 is 17.1 Å². The highest BCUT2D eigenvalue weighted by Crippen LogP contribution is 2.10. The Morgan fingerprint density at radius 1 is 1.25 bits per heavy atom. The van der Waals surface area contributed by atoms with E-state index in [2.05, 4.69) is 4.98 Å². The predicted molar refractivity (Wildman–Crippen MR) is 70.5 cm³/mol. The quantitative estimate of drug-likeness (QED) is 0.665. The number of hydrogen-bond donors (Lipinski definition) is 2. The predicted octanol–water partition coefficient (Wildman–Crippen LogP) is -2.07. The Balaban J connectivity index is 2.74. The summed E-state index contributed by atoms with van der Waals surface area (Å²) in [7, 11) is 4.49. The molecule has 2 aromatic rings. The molecule has 0 fully saturated rings. The van der Waals surface area contributed by atoms with Crippen LogP contribution in [0.4, 0.5) is 0 Å². The zero-order valence-corrected chi connectivity index (χ0v) is 11.3. The maximum atomic E-state index is 12.0. The van der Waals surface area contributed by atoms with Gasteiger partial charge in [0.05, 0.1) is 0 Å². The zero-order valence-electron chi connectivity index (χ0n) is 11.3. The van der Waals surface area contributed by atoms with Crippen LogP contribution in [0.5, 0.6) is 0 Å². The fourth-order valence-electron chi connectivity index (χ4n) is 2.09. The maximum Gasteiger partial charge on any atom is 0.332 e. The average Bonchev–Trinajstić information content (AvgIpc) is 2.71. The number of carboxylic acids is 1. The summed E-state index contributed by atoms with van der Waals surface area (Å²) in [6.45, 7) is 0. The first-order chi connectivity index (χ1) is 9.25. The van der Waals surface area contributed by atoms with E-state index in [0.717, 1.165) is 4.57 Å². The van der Waals surface area contributed by atoms with E-state index in [0.29, 0.717) is 11.5 Å². The van der Waals surface area contributed by atoms with Gasteiger partial charge in [-0.3, -0.25) is 18.7 Å². The van der Waals surface area contributed by atoms with E-state index < -0.39 is 23.3 Å². The molecule has 2 heterocycles. The molecular weight excluding hydrogens is 266 g/mol. The van der Waals surface area contributed by atoms with Gasteiger partial charge in [0, 0.05) is 27.6 Å². The normalized spacial score (nSPS) is 12.8. The first-order valence-corrected chi connectivity index (χ1v) is 5.85. The molecular formula is C11H15N5O4. The minimum Gasteiger partial charge on any atom is -0.480 e. The van der Waals surface area contributed by atoms with Crippen LogP contribution in [0.1, 0.15) is 5.82 Å². The molecule has 0 bridgehead atoms. The number of fused-ring (bicyclic) bond motifs is 1. The van der Waals surface area contributed by atoms with Gasteiger partial charge >= 0.3 is 11.7 Å². The second-order valence-corrected chi connectivity index (χ2v) is 4.61. The third-order valence-corrected chi connectivity index (χ3v) is 3.28. The summed E-state index contributed by atoms with van der Waals surface area (Å²) in [5.74, 6) is -0.813. The summed E-state index contributed by atoms with van der Waals surface area (Å²) in [5, 5.41) is 8.82. The molecule has 1 atom stereocenters. The maximum absolute atomic E-state index is 12.0. The molecule has 108 valence electrons. The van der Waals surface area contributed by atoms with Gasteiger partial charge in [-0.15, -0.1) is 0 Å². The molecule has 3 N–H and O–H groups in total. The van der Waals surface area contributed by atoms with Gasteiger partial charge < -0.3 is 15.4 Å². The Labute approximate surface area is 112 Å². The summed E-state index contributed by atoms with van der Waals surface area (Å²) in [4.78, 5) is 38.8. The fraction of sp³-hybridized carbons (Fsp3) is 0.455. The lowest BCUT2D eigenvalue weighted by Gasteiger charge is -2.07. The van der Waals surface area contributed by atoms with Crippen molar-refractivity contribution < 1.29 is 9.90 Å². The number of carboxylic acid groups (broad SMARTS) is 1. The van der Waals surface area contributed by atoms with E-state index in [4.69, 9.17) is 10.8 Å². The number of carbonyl (C=O) groups is 1. The summed E-state index contributed by atoms with van der Waals surface area (Å²) in [5.41, 5.74) is 4.93. The van der Waals surface area contributed by atoms with Crippen molar-refractivity contribution in [3.8, 4) is 0 Å². The van der Waals surface area contributed by atoms with Crippen molar-refractivity contribution in [2.45, 2.75) is 12.5 Å². The molecule has 0 radical (unpaired) electrons. The number of hydrogen-bond acceptors (Lipinski definition) is 5. The first-order valence-electron chi connectivity index (χ1n) is 5.85. The van der Waals surface area contributed by atoms with Crippen LogP contribution in [0.2, 0.25) is 0 Å². The molecule has 0 aliphatic rings. The fourth-order valence-corrected chi connectivity index (χ4v) is 2.09. The zero-order chi connectivity index (χ0) is 15.2. The van der Waals surface area contributed by atoms with Crippen LogP contribution < -0.4 is 17.0 Å². The molecule has 0 aliphatic carbocycles. The summed E-state index contributed by atoms with van der Waals surface area (Å²) in [6, 6.07) is -1.12. The third-order valence-electron chi connectivity index (χ3n) is 3.28. The van der Waals surface area contributed by atoms with Crippen LogP contribution >= 0.6 is 0 Å². The Bertz CT molecular complexity index is 813. The van der Waals surface area contributed by atoms with Crippen LogP contribution in [0.15, 0.2) is 9.59 Å². The Kier molecular flexibility index (Phi) is 3.22. The highest BCUT2D eigenvalue weighted by molar-refractivity contribution is 5.74. The molecule has 0 saturated carbocycles. The second-order valence-electron chi connectivity index (χ2n) is 4.61. The SMILES string of the molecule is Cn1c(=O)c2nc(CC(N)C(=O)O)n(C)c2n(C)c1=O. The van der Waals surface area contributed by atoms with E-state index in [-0.39, 0.29) is 11.9 Å². The van der Waals surface area contributed by atoms with Crippen molar-refractivity contribution in [2.75, 3.05) is 0 Å². The molecule has 0 spiro atoms. The first kappa shape index (κ1) is 14.0. The highest BCUT2D eigenvalue weighted by Gasteiger charge is 2.20. The van der Waals surface area contributed by atoms with Crippen molar-refractivity contribution in [3.05, 3.63) is 26.7 Å². The average molecular weight is 281 g/mol. The van der Waals surface area contributed by atoms with E-state index in [1.807, 2.05) is 0 Å². The summed E-state index contributed by atoms with van der Waals surface area (Å²) in [6.07, 6.45) is -0.0299. The molecule has 9 nitrogen and oxygen atoms in total. The van der Waals surface area contributed by atoms with Crippen molar-refractivity contribution in [1.82, 2.24) is 18.7 Å². The number of imidazole rings is 1. The number of rotatable bonds is 3. The summed E-state index contributed by atoms with van der Waals surface area (Å²) >= 11 is 0. The van der Waals surface area contributed by atoms with E-state index in [9.17, 15) is 14.4 Å². The third kappa shape index (κ3) is 1.92. The van der Waals surface area contributed by atoms with Crippen LogP contribution in [0.25, 0.3) is 11.2 Å². The Morgan fingerprint density at radius 3 is 2.40 bits per heavy atom. The molecule has 1 unspecified atom stereocenters. The molecule has 2 rings (SSSR count). The lowest BCUT2D eigenvalue weighted by atomic mass is 10.2. The lowest BCUT2D eigenvalue weighted by Crippen LogP contribution is -2.37. The van der Waals surface area contributed by atoms with Gasteiger partial charge in [0.1, 0.15) is 17.5 Å². The Morgan fingerprint density at radius 2 is 1.85 bits per heavy atom. The monoisotopic (exact) mass is 281 g/mol. The second kappa shape index (κ2) is 4.60. The van der Waals surface area contributed by atoms with Crippen LogP contribution in [-0.2, 0) is 32.4 Å². The minimum atomic E-state index is -1.15. The molecule has 20 heavy (non-hydrogen) atoms. The number of aliphatic carboxylic acids is 1. The number of aryl methyl sites for hydroxylation is 2. The topological polar surface area (TPSA) is 125 Å². The van der Waals surface area contributed by atoms with Gasteiger partial charge in [-0.25, -0.2) is 9.78 Å². The molecule has 0 amide bonds. The van der Waals surface area contributed by atoms with Crippen molar-refractivity contribution in [2.24, 2.45) is 26.9 Å². The number of aromatic nitrogens is 4. The van der Waals surface area contributed by atoms with Gasteiger partial charge in [0.25, 0.3) is 5.56 Å². The molecule has 9 heteroatoms. The standard InChI is InChI=1S/C11H15N5O4/c1-14-6(4-5(12)10(18)19)13-7-8(14)15(2)11(20)16(3)9(7)17/h5H,4,12H2,1-3H3,(H,18,19).